The van der Waals surface area contributed by atoms with Crippen molar-refractivity contribution in [2.24, 2.45) is 0 Å². The van der Waals surface area contributed by atoms with Crippen LogP contribution in [0.15, 0.2) is 48.5 Å². The number of anilines is 1. The molecule has 2 rings (SSSR count). The predicted octanol–water partition coefficient (Wildman–Crippen LogP) is 4.44. The Kier molecular flexibility index (Phi) is 4.78. The molecular formula is C17H15F2NO. The zero-order chi connectivity index (χ0) is 15.2. The molecule has 0 amide bonds. The summed E-state index contributed by atoms with van der Waals surface area (Å²) in [6.07, 6.45) is 5.36. The Balaban J connectivity index is 2.12. The summed E-state index contributed by atoms with van der Waals surface area (Å²) in [7, 11) is 0. The summed E-state index contributed by atoms with van der Waals surface area (Å²) < 4.78 is 28.9. The average molecular weight is 287 g/mol. The van der Waals surface area contributed by atoms with E-state index in [2.05, 4.69) is 16.0 Å². The topological polar surface area (TPSA) is 21.3 Å². The second kappa shape index (κ2) is 6.76. The van der Waals surface area contributed by atoms with E-state index < -0.39 is 6.61 Å². The minimum Gasteiger partial charge on any atom is -0.435 e. The molecule has 0 heterocycles. The number of halogens is 2. The molecular weight excluding hydrogens is 272 g/mol. The maximum atomic E-state index is 12.2. The van der Waals surface area contributed by atoms with Gasteiger partial charge in [-0.25, -0.2) is 0 Å². The monoisotopic (exact) mass is 287 g/mol. The van der Waals surface area contributed by atoms with E-state index in [-0.39, 0.29) is 11.8 Å². The van der Waals surface area contributed by atoms with Crippen LogP contribution in [0, 0.1) is 12.3 Å². The Morgan fingerprint density at radius 2 is 1.90 bits per heavy atom. The van der Waals surface area contributed by atoms with Crippen LogP contribution in [0.25, 0.3) is 0 Å². The van der Waals surface area contributed by atoms with Gasteiger partial charge in [0.15, 0.2) is 0 Å². The third kappa shape index (κ3) is 4.22. The Labute approximate surface area is 122 Å². The summed E-state index contributed by atoms with van der Waals surface area (Å²) in [5.41, 5.74) is 2.50. The fraction of sp³-hybridized carbons (Fsp3) is 0.176. The van der Waals surface area contributed by atoms with Crippen molar-refractivity contribution in [3.63, 3.8) is 0 Å². The van der Waals surface area contributed by atoms with E-state index in [0.29, 0.717) is 0 Å². The molecule has 0 spiro atoms. The molecule has 0 bridgehead atoms. The largest absolute Gasteiger partial charge is 0.435 e. The molecule has 1 atom stereocenters. The van der Waals surface area contributed by atoms with Gasteiger partial charge in [-0.2, -0.15) is 8.78 Å². The van der Waals surface area contributed by atoms with Gasteiger partial charge in [-0.1, -0.05) is 24.1 Å². The molecule has 4 heteroatoms. The molecule has 1 N–H and O–H groups in total. The zero-order valence-electron chi connectivity index (χ0n) is 11.5. The quantitative estimate of drug-likeness (QED) is 0.821. The highest BCUT2D eigenvalue weighted by molar-refractivity contribution is 5.51. The third-order valence-electron chi connectivity index (χ3n) is 3.00. The van der Waals surface area contributed by atoms with Crippen LogP contribution in [0.1, 0.15) is 24.1 Å². The normalized spacial score (nSPS) is 11.8. The number of hydrogen-bond acceptors (Lipinski definition) is 2. The van der Waals surface area contributed by atoms with E-state index in [0.717, 1.165) is 16.8 Å². The molecule has 0 radical (unpaired) electrons. The van der Waals surface area contributed by atoms with Crippen LogP contribution in [0.2, 0.25) is 0 Å². The van der Waals surface area contributed by atoms with Crippen molar-refractivity contribution in [2.75, 3.05) is 5.32 Å². The first-order chi connectivity index (χ1) is 10.1. The molecule has 0 aliphatic heterocycles. The summed E-state index contributed by atoms with van der Waals surface area (Å²) in [4.78, 5) is 0. The van der Waals surface area contributed by atoms with Crippen LogP contribution < -0.4 is 10.1 Å². The van der Waals surface area contributed by atoms with Gasteiger partial charge < -0.3 is 10.1 Å². The fourth-order valence-corrected chi connectivity index (χ4v) is 1.99. The number of terminal acetylenes is 1. The minimum atomic E-state index is -2.82. The van der Waals surface area contributed by atoms with Crippen LogP contribution in [0.4, 0.5) is 14.5 Å². The van der Waals surface area contributed by atoms with Crippen molar-refractivity contribution in [1.29, 1.82) is 0 Å². The number of nitrogens with one attached hydrogen (secondary N) is 1. The Bertz CT molecular complexity index is 649. The van der Waals surface area contributed by atoms with Gasteiger partial charge in [-0.05, 0) is 42.8 Å². The summed E-state index contributed by atoms with van der Waals surface area (Å²) >= 11 is 0. The summed E-state index contributed by atoms with van der Waals surface area (Å²) in [6, 6.07) is 14.0. The van der Waals surface area contributed by atoms with Gasteiger partial charge in [-0.15, -0.1) is 6.42 Å². The predicted molar refractivity (Wildman–Crippen MR) is 79.5 cm³/mol. The van der Waals surface area contributed by atoms with Crippen LogP contribution in [-0.2, 0) is 0 Å². The second-order valence-corrected chi connectivity index (χ2v) is 4.54. The Hall–Kier alpha value is -2.54. The number of rotatable bonds is 5. The first-order valence-corrected chi connectivity index (χ1v) is 6.46. The molecule has 0 saturated carbocycles. The number of alkyl halides is 2. The van der Waals surface area contributed by atoms with Gasteiger partial charge >= 0.3 is 6.61 Å². The van der Waals surface area contributed by atoms with Gasteiger partial charge in [0, 0.05) is 17.3 Å². The van der Waals surface area contributed by atoms with Crippen molar-refractivity contribution in [1.82, 2.24) is 0 Å². The average Bonchev–Trinajstić information content (AvgIpc) is 2.47. The maximum absolute atomic E-state index is 12.2. The smallest absolute Gasteiger partial charge is 0.387 e. The van der Waals surface area contributed by atoms with E-state index in [9.17, 15) is 8.78 Å². The lowest BCUT2D eigenvalue weighted by atomic mass is 10.1. The summed E-state index contributed by atoms with van der Waals surface area (Å²) in [5, 5.41) is 3.27. The number of ether oxygens (including phenoxy) is 1. The van der Waals surface area contributed by atoms with Crippen molar-refractivity contribution in [3.8, 4) is 18.1 Å². The molecule has 108 valence electrons. The van der Waals surface area contributed by atoms with Gasteiger partial charge in [0.25, 0.3) is 0 Å². The molecule has 21 heavy (non-hydrogen) atoms. The summed E-state index contributed by atoms with van der Waals surface area (Å²) in [5.74, 6) is 2.71. The molecule has 1 unspecified atom stereocenters. The molecule has 0 aliphatic rings. The van der Waals surface area contributed by atoms with E-state index in [1.807, 2.05) is 37.3 Å². The highest BCUT2D eigenvalue weighted by Crippen LogP contribution is 2.24. The Morgan fingerprint density at radius 1 is 1.14 bits per heavy atom. The van der Waals surface area contributed by atoms with Gasteiger partial charge in [0.2, 0.25) is 0 Å². The van der Waals surface area contributed by atoms with Crippen LogP contribution >= 0.6 is 0 Å². The standard InChI is InChI=1S/C17H15F2NO/c1-3-13-6-4-8-15(10-13)20-12(2)14-7-5-9-16(11-14)21-17(18)19/h1,4-12,17,20H,2H3. The van der Waals surface area contributed by atoms with Gasteiger partial charge in [0.1, 0.15) is 5.75 Å². The minimum absolute atomic E-state index is 0.0701. The van der Waals surface area contributed by atoms with E-state index in [1.165, 1.54) is 6.07 Å². The van der Waals surface area contributed by atoms with Crippen molar-refractivity contribution in [2.45, 2.75) is 19.6 Å². The zero-order valence-corrected chi connectivity index (χ0v) is 11.5. The number of hydrogen-bond donors (Lipinski definition) is 1. The SMILES string of the molecule is C#Cc1cccc(NC(C)c2cccc(OC(F)F)c2)c1. The van der Waals surface area contributed by atoms with Crippen molar-refractivity contribution < 1.29 is 13.5 Å². The van der Waals surface area contributed by atoms with Crippen LogP contribution in [0.5, 0.6) is 5.75 Å². The second-order valence-electron chi connectivity index (χ2n) is 4.54. The van der Waals surface area contributed by atoms with E-state index in [4.69, 9.17) is 6.42 Å². The van der Waals surface area contributed by atoms with E-state index >= 15 is 0 Å². The fourth-order valence-electron chi connectivity index (χ4n) is 1.99. The molecule has 2 nitrogen and oxygen atoms in total. The first-order valence-electron chi connectivity index (χ1n) is 6.46. The molecule has 2 aromatic rings. The molecule has 0 aliphatic carbocycles. The van der Waals surface area contributed by atoms with Crippen LogP contribution in [0.3, 0.4) is 0 Å². The highest BCUT2D eigenvalue weighted by Gasteiger charge is 2.09. The molecule has 2 aromatic carbocycles. The summed E-state index contributed by atoms with van der Waals surface area (Å²) in [6.45, 7) is -0.889. The van der Waals surface area contributed by atoms with Crippen LogP contribution in [-0.4, -0.2) is 6.61 Å². The molecule has 0 aromatic heterocycles. The van der Waals surface area contributed by atoms with E-state index in [1.54, 1.807) is 12.1 Å². The van der Waals surface area contributed by atoms with Crippen molar-refractivity contribution >= 4 is 5.69 Å². The van der Waals surface area contributed by atoms with Gasteiger partial charge in [0.05, 0.1) is 0 Å². The highest BCUT2D eigenvalue weighted by atomic mass is 19.3. The van der Waals surface area contributed by atoms with Gasteiger partial charge in [-0.3, -0.25) is 0 Å². The molecule has 0 saturated heterocycles. The Morgan fingerprint density at radius 3 is 2.62 bits per heavy atom. The third-order valence-corrected chi connectivity index (χ3v) is 3.00. The number of benzene rings is 2. The van der Waals surface area contributed by atoms with Crippen molar-refractivity contribution in [3.05, 3.63) is 59.7 Å². The molecule has 0 fully saturated rings. The lowest BCUT2D eigenvalue weighted by molar-refractivity contribution is -0.0498. The maximum Gasteiger partial charge on any atom is 0.387 e. The lowest BCUT2D eigenvalue weighted by Gasteiger charge is -2.17. The lowest BCUT2D eigenvalue weighted by Crippen LogP contribution is -2.08. The first kappa shape index (κ1) is 14.9.